The molecule has 1 atom stereocenters. The number of nitrogens with one attached hydrogen (secondary N) is 2. The average molecular weight is 393 g/mol. The first-order valence-electron chi connectivity index (χ1n) is 9.17. The standard InChI is InChI=1S/C23H21F2N3O/c1-16(28-23(29)10-8-17-7-9-21(24)22(25)12-17)19-5-2-6-20(13-19)27-15-18-4-3-11-26-14-18/h2-14,16,27H,15H2,1H3,(H,28,29)/b10-8+/t16-/m0/s1. The summed E-state index contributed by atoms with van der Waals surface area (Å²) < 4.78 is 26.2. The molecule has 0 saturated heterocycles. The fraction of sp³-hybridized carbons (Fsp3) is 0.130. The maximum absolute atomic E-state index is 13.2. The molecule has 4 nitrogen and oxygen atoms in total. The number of hydrogen-bond donors (Lipinski definition) is 2. The summed E-state index contributed by atoms with van der Waals surface area (Å²) in [5.74, 6) is -2.19. The fourth-order valence-electron chi connectivity index (χ4n) is 2.76. The Labute approximate surface area is 168 Å². The Hall–Kier alpha value is -3.54. The van der Waals surface area contributed by atoms with Crippen molar-refractivity contribution < 1.29 is 13.6 Å². The van der Waals surface area contributed by atoms with E-state index in [2.05, 4.69) is 15.6 Å². The molecule has 0 unspecified atom stereocenters. The minimum absolute atomic E-state index is 0.225. The fourth-order valence-corrected chi connectivity index (χ4v) is 2.76. The number of anilines is 1. The quantitative estimate of drug-likeness (QED) is 0.564. The second-order valence-corrected chi connectivity index (χ2v) is 6.58. The lowest BCUT2D eigenvalue weighted by Gasteiger charge is -2.15. The summed E-state index contributed by atoms with van der Waals surface area (Å²) in [5.41, 5.74) is 3.36. The highest BCUT2D eigenvalue weighted by Crippen LogP contribution is 2.18. The summed E-state index contributed by atoms with van der Waals surface area (Å²) in [4.78, 5) is 16.2. The van der Waals surface area contributed by atoms with Crippen LogP contribution < -0.4 is 10.6 Å². The van der Waals surface area contributed by atoms with Crippen molar-refractivity contribution in [2.24, 2.45) is 0 Å². The molecule has 0 aliphatic carbocycles. The van der Waals surface area contributed by atoms with Gasteiger partial charge in [-0.25, -0.2) is 8.78 Å². The number of carbonyl (C=O) groups excluding carboxylic acids is 1. The molecule has 1 aromatic heterocycles. The third-order valence-corrected chi connectivity index (χ3v) is 4.34. The van der Waals surface area contributed by atoms with E-state index in [1.54, 1.807) is 12.4 Å². The van der Waals surface area contributed by atoms with Crippen LogP contribution in [0.1, 0.15) is 29.7 Å². The molecule has 0 spiro atoms. The molecule has 0 radical (unpaired) electrons. The van der Waals surface area contributed by atoms with Gasteiger partial charge in [-0.1, -0.05) is 24.3 Å². The van der Waals surface area contributed by atoms with E-state index in [0.717, 1.165) is 28.9 Å². The van der Waals surface area contributed by atoms with Gasteiger partial charge in [0, 0.05) is 30.7 Å². The van der Waals surface area contributed by atoms with Crippen LogP contribution in [0.5, 0.6) is 0 Å². The third kappa shape index (κ3) is 5.97. The Balaban J connectivity index is 1.58. The molecule has 148 valence electrons. The van der Waals surface area contributed by atoms with E-state index >= 15 is 0 Å². The molecule has 0 aliphatic heterocycles. The number of benzene rings is 2. The number of halogens is 2. The van der Waals surface area contributed by atoms with Crippen molar-refractivity contribution in [3.05, 3.63) is 101 Å². The molecule has 1 amide bonds. The Morgan fingerprint density at radius 3 is 2.72 bits per heavy atom. The van der Waals surface area contributed by atoms with Crippen LogP contribution in [0.15, 0.2) is 73.1 Å². The lowest BCUT2D eigenvalue weighted by atomic mass is 10.1. The molecular formula is C23H21F2N3O. The van der Waals surface area contributed by atoms with Crippen LogP contribution >= 0.6 is 0 Å². The maximum Gasteiger partial charge on any atom is 0.244 e. The molecular weight excluding hydrogens is 372 g/mol. The van der Waals surface area contributed by atoms with Crippen molar-refractivity contribution in [1.29, 1.82) is 0 Å². The summed E-state index contributed by atoms with van der Waals surface area (Å²) >= 11 is 0. The molecule has 3 rings (SSSR count). The van der Waals surface area contributed by atoms with Crippen molar-refractivity contribution in [2.45, 2.75) is 19.5 Å². The zero-order valence-corrected chi connectivity index (χ0v) is 15.9. The smallest absolute Gasteiger partial charge is 0.244 e. The molecule has 2 aromatic carbocycles. The van der Waals surface area contributed by atoms with E-state index < -0.39 is 11.6 Å². The number of nitrogens with zero attached hydrogens (tertiary/aromatic N) is 1. The van der Waals surface area contributed by atoms with E-state index in [-0.39, 0.29) is 11.9 Å². The highest BCUT2D eigenvalue weighted by Gasteiger charge is 2.08. The Morgan fingerprint density at radius 2 is 1.97 bits per heavy atom. The topological polar surface area (TPSA) is 54.0 Å². The number of aromatic nitrogens is 1. The average Bonchev–Trinajstić information content (AvgIpc) is 2.74. The predicted molar refractivity (Wildman–Crippen MR) is 110 cm³/mol. The molecule has 1 heterocycles. The minimum Gasteiger partial charge on any atom is -0.381 e. The summed E-state index contributed by atoms with van der Waals surface area (Å²) in [6, 6.07) is 14.9. The van der Waals surface area contributed by atoms with Gasteiger partial charge in [-0.05, 0) is 60.0 Å². The molecule has 2 N–H and O–H groups in total. The van der Waals surface area contributed by atoms with E-state index in [1.807, 2.05) is 43.3 Å². The van der Waals surface area contributed by atoms with Crippen LogP contribution in [-0.2, 0) is 11.3 Å². The highest BCUT2D eigenvalue weighted by atomic mass is 19.2. The molecule has 29 heavy (non-hydrogen) atoms. The van der Waals surface area contributed by atoms with Crippen molar-refractivity contribution in [3.63, 3.8) is 0 Å². The molecule has 6 heteroatoms. The summed E-state index contributed by atoms with van der Waals surface area (Å²) in [6.45, 7) is 2.53. The molecule has 0 bridgehead atoms. The number of carbonyl (C=O) groups is 1. The van der Waals surface area contributed by atoms with Gasteiger partial charge in [-0.3, -0.25) is 9.78 Å². The zero-order chi connectivity index (χ0) is 20.6. The third-order valence-electron chi connectivity index (χ3n) is 4.34. The second kappa shape index (κ2) is 9.59. The summed E-state index contributed by atoms with van der Waals surface area (Å²) in [5, 5.41) is 6.20. The number of pyridine rings is 1. The Kier molecular flexibility index (Phi) is 6.68. The highest BCUT2D eigenvalue weighted by molar-refractivity contribution is 5.92. The first kappa shape index (κ1) is 20.2. The van der Waals surface area contributed by atoms with Crippen LogP contribution in [0, 0.1) is 11.6 Å². The zero-order valence-electron chi connectivity index (χ0n) is 15.9. The first-order chi connectivity index (χ1) is 14.0. The lowest BCUT2D eigenvalue weighted by molar-refractivity contribution is -0.117. The van der Waals surface area contributed by atoms with Gasteiger partial charge in [0.05, 0.1) is 6.04 Å². The van der Waals surface area contributed by atoms with Crippen molar-refractivity contribution >= 4 is 17.7 Å². The first-order valence-corrected chi connectivity index (χ1v) is 9.17. The van der Waals surface area contributed by atoms with E-state index in [4.69, 9.17) is 0 Å². The predicted octanol–water partition coefficient (Wildman–Crippen LogP) is 4.86. The van der Waals surface area contributed by atoms with Gasteiger partial charge in [0.2, 0.25) is 5.91 Å². The van der Waals surface area contributed by atoms with E-state index in [0.29, 0.717) is 12.1 Å². The van der Waals surface area contributed by atoms with Gasteiger partial charge in [0.15, 0.2) is 11.6 Å². The van der Waals surface area contributed by atoms with Crippen LogP contribution in [0.3, 0.4) is 0 Å². The molecule has 0 aliphatic rings. The van der Waals surface area contributed by atoms with Gasteiger partial charge in [-0.15, -0.1) is 0 Å². The Bertz CT molecular complexity index is 1010. The van der Waals surface area contributed by atoms with E-state index in [9.17, 15) is 13.6 Å². The second-order valence-electron chi connectivity index (χ2n) is 6.58. The van der Waals surface area contributed by atoms with Crippen LogP contribution in [0.4, 0.5) is 14.5 Å². The monoisotopic (exact) mass is 393 g/mol. The number of rotatable bonds is 7. The molecule has 0 saturated carbocycles. The largest absolute Gasteiger partial charge is 0.381 e. The van der Waals surface area contributed by atoms with Gasteiger partial charge < -0.3 is 10.6 Å². The van der Waals surface area contributed by atoms with Crippen LogP contribution in [-0.4, -0.2) is 10.9 Å². The van der Waals surface area contributed by atoms with Crippen LogP contribution in [0.25, 0.3) is 6.08 Å². The molecule has 3 aromatic rings. The molecule has 0 fully saturated rings. The van der Waals surface area contributed by atoms with Crippen LogP contribution in [0.2, 0.25) is 0 Å². The van der Waals surface area contributed by atoms with Gasteiger partial charge in [0.1, 0.15) is 0 Å². The van der Waals surface area contributed by atoms with Gasteiger partial charge in [-0.2, -0.15) is 0 Å². The van der Waals surface area contributed by atoms with Crippen molar-refractivity contribution in [1.82, 2.24) is 10.3 Å². The van der Waals surface area contributed by atoms with Crippen molar-refractivity contribution in [3.8, 4) is 0 Å². The summed E-state index contributed by atoms with van der Waals surface area (Å²) in [7, 11) is 0. The summed E-state index contributed by atoms with van der Waals surface area (Å²) in [6.07, 6.45) is 6.28. The SMILES string of the molecule is C[C@H](NC(=O)/C=C/c1ccc(F)c(F)c1)c1cccc(NCc2cccnc2)c1. The number of amides is 1. The maximum atomic E-state index is 13.2. The number of hydrogen-bond acceptors (Lipinski definition) is 3. The van der Waals surface area contributed by atoms with E-state index in [1.165, 1.54) is 18.2 Å². The van der Waals surface area contributed by atoms with Gasteiger partial charge in [0.25, 0.3) is 0 Å². The van der Waals surface area contributed by atoms with Crippen molar-refractivity contribution in [2.75, 3.05) is 5.32 Å². The normalized spacial score (nSPS) is 12.0. The van der Waals surface area contributed by atoms with Gasteiger partial charge >= 0.3 is 0 Å². The lowest BCUT2D eigenvalue weighted by Crippen LogP contribution is -2.24. The Morgan fingerprint density at radius 1 is 1.10 bits per heavy atom. The minimum atomic E-state index is -0.948.